The van der Waals surface area contributed by atoms with Gasteiger partial charge in [-0.15, -0.1) is 0 Å². The van der Waals surface area contributed by atoms with Gasteiger partial charge in [0.2, 0.25) is 15.9 Å². The van der Waals surface area contributed by atoms with Gasteiger partial charge in [0.15, 0.2) is 5.69 Å². The van der Waals surface area contributed by atoms with Crippen LogP contribution in [0.5, 0.6) is 0 Å². The molecule has 1 aromatic carbocycles. The summed E-state index contributed by atoms with van der Waals surface area (Å²) in [6.07, 6.45) is 0.634. The van der Waals surface area contributed by atoms with E-state index in [1.165, 1.54) is 25.1 Å². The summed E-state index contributed by atoms with van der Waals surface area (Å²) in [5.41, 5.74) is -0.0971. The zero-order valence-electron chi connectivity index (χ0n) is 13.5. The molecule has 9 heteroatoms. The van der Waals surface area contributed by atoms with Crippen LogP contribution in [0, 0.1) is 18.7 Å². The van der Waals surface area contributed by atoms with Gasteiger partial charge in [-0.2, -0.15) is 0 Å². The van der Waals surface area contributed by atoms with Crippen LogP contribution in [0.1, 0.15) is 22.7 Å². The van der Waals surface area contributed by atoms with Crippen LogP contribution < -0.4 is 4.72 Å². The Morgan fingerprint density at radius 3 is 2.84 bits per heavy atom. The van der Waals surface area contributed by atoms with Gasteiger partial charge in [0.05, 0.1) is 17.9 Å². The highest BCUT2D eigenvalue weighted by molar-refractivity contribution is 7.90. The van der Waals surface area contributed by atoms with E-state index >= 15 is 0 Å². The average Bonchev–Trinajstić information content (AvgIpc) is 3.16. The number of carbonyl (C=O) groups is 1. The molecule has 0 aliphatic carbocycles. The maximum Gasteiger partial charge on any atom is 0.286 e. The molecule has 0 spiro atoms. The molecule has 25 heavy (non-hydrogen) atoms. The number of hydrogen-bond donors (Lipinski definition) is 1. The summed E-state index contributed by atoms with van der Waals surface area (Å²) in [7, 11) is -3.83. The fourth-order valence-corrected chi connectivity index (χ4v) is 3.96. The third kappa shape index (κ3) is 4.05. The molecule has 1 unspecified atom stereocenters. The molecule has 0 bridgehead atoms. The van der Waals surface area contributed by atoms with E-state index < -0.39 is 21.7 Å². The Morgan fingerprint density at radius 1 is 1.40 bits per heavy atom. The number of benzene rings is 1. The Labute approximate surface area is 144 Å². The topological polar surface area (TPSA) is 98.5 Å². The normalized spacial score (nSPS) is 17.6. The molecule has 1 aliphatic heterocycles. The van der Waals surface area contributed by atoms with Gasteiger partial charge in [-0.05, 0) is 25.5 Å². The van der Waals surface area contributed by atoms with Crippen LogP contribution in [0.4, 0.5) is 4.39 Å². The number of rotatable bonds is 5. The van der Waals surface area contributed by atoms with E-state index in [4.69, 9.17) is 9.15 Å². The number of amides is 1. The first-order valence-corrected chi connectivity index (χ1v) is 9.36. The molecule has 2 heterocycles. The smallest absolute Gasteiger partial charge is 0.286 e. The number of oxazole rings is 1. The molecule has 1 aliphatic rings. The van der Waals surface area contributed by atoms with Gasteiger partial charge in [-0.25, -0.2) is 22.5 Å². The number of carbonyl (C=O) groups excluding carboxylic acids is 1. The van der Waals surface area contributed by atoms with Gasteiger partial charge in [-0.1, -0.05) is 12.1 Å². The third-order valence-electron chi connectivity index (χ3n) is 3.84. The zero-order valence-corrected chi connectivity index (χ0v) is 14.3. The minimum atomic E-state index is -3.83. The lowest BCUT2D eigenvalue weighted by Gasteiger charge is -2.09. The molecule has 7 nitrogen and oxygen atoms in total. The summed E-state index contributed by atoms with van der Waals surface area (Å²) in [6, 6.07) is 5.81. The van der Waals surface area contributed by atoms with E-state index in [1.807, 2.05) is 4.72 Å². The van der Waals surface area contributed by atoms with E-state index in [9.17, 15) is 17.6 Å². The molecule has 1 aromatic heterocycles. The highest BCUT2D eigenvalue weighted by Crippen LogP contribution is 2.24. The second-order valence-electron chi connectivity index (χ2n) is 5.85. The molecule has 1 N–H and O–H groups in total. The van der Waals surface area contributed by atoms with Crippen molar-refractivity contribution in [2.45, 2.75) is 13.3 Å². The van der Waals surface area contributed by atoms with Gasteiger partial charge >= 0.3 is 0 Å². The van der Waals surface area contributed by atoms with Crippen molar-refractivity contribution >= 4 is 15.9 Å². The molecule has 3 rings (SSSR count). The second kappa shape index (κ2) is 6.93. The lowest BCUT2D eigenvalue weighted by atomic mass is 10.2. The number of ether oxygens (including phenoxy) is 1. The molecular formula is C16H17FN2O5S. The van der Waals surface area contributed by atoms with Crippen molar-refractivity contribution in [1.82, 2.24) is 9.71 Å². The Morgan fingerprint density at radius 2 is 2.16 bits per heavy atom. The first-order valence-electron chi connectivity index (χ1n) is 7.70. The molecule has 1 amide bonds. The highest BCUT2D eigenvalue weighted by Gasteiger charge is 2.27. The lowest BCUT2D eigenvalue weighted by Crippen LogP contribution is -2.35. The van der Waals surface area contributed by atoms with Crippen molar-refractivity contribution in [2.24, 2.45) is 5.92 Å². The van der Waals surface area contributed by atoms with Crippen LogP contribution in [0.15, 0.2) is 28.7 Å². The number of sulfonamides is 1. The second-order valence-corrected chi connectivity index (χ2v) is 7.61. The van der Waals surface area contributed by atoms with Gasteiger partial charge in [-0.3, -0.25) is 4.79 Å². The number of aryl methyl sites for hydroxylation is 1. The monoisotopic (exact) mass is 368 g/mol. The van der Waals surface area contributed by atoms with E-state index in [0.717, 1.165) is 0 Å². The summed E-state index contributed by atoms with van der Waals surface area (Å²) >= 11 is 0. The van der Waals surface area contributed by atoms with Crippen molar-refractivity contribution < 1.29 is 26.8 Å². The maximum atomic E-state index is 13.8. The summed E-state index contributed by atoms with van der Waals surface area (Å²) in [5.74, 6) is -1.77. The summed E-state index contributed by atoms with van der Waals surface area (Å²) < 4.78 is 50.5. The Hall–Kier alpha value is -2.26. The molecule has 1 atom stereocenters. The predicted octanol–water partition coefficient (Wildman–Crippen LogP) is 1.89. The Kier molecular flexibility index (Phi) is 4.87. The largest absolute Gasteiger partial charge is 0.440 e. The molecule has 0 saturated carbocycles. The highest BCUT2D eigenvalue weighted by atomic mass is 32.2. The van der Waals surface area contributed by atoms with Gasteiger partial charge in [0.25, 0.3) is 5.91 Å². The molecule has 1 saturated heterocycles. The number of aromatic nitrogens is 1. The fraction of sp³-hybridized carbons (Fsp3) is 0.375. The van der Waals surface area contributed by atoms with Crippen molar-refractivity contribution in [3.63, 3.8) is 0 Å². The van der Waals surface area contributed by atoms with E-state index in [1.54, 1.807) is 6.07 Å². The lowest BCUT2D eigenvalue weighted by molar-refractivity contribution is 0.0975. The van der Waals surface area contributed by atoms with E-state index in [-0.39, 0.29) is 34.6 Å². The zero-order chi connectivity index (χ0) is 18.0. The summed E-state index contributed by atoms with van der Waals surface area (Å²) in [4.78, 5) is 16.2. The first-order chi connectivity index (χ1) is 11.9. The SMILES string of the molecule is Cc1oc(-c2ccccc2F)nc1C(=O)NS(=O)(=O)CC1CCOC1. The third-order valence-corrected chi connectivity index (χ3v) is 5.25. The van der Waals surface area contributed by atoms with Gasteiger partial charge < -0.3 is 9.15 Å². The van der Waals surface area contributed by atoms with Crippen molar-refractivity contribution in [3.05, 3.63) is 41.5 Å². The number of nitrogens with one attached hydrogen (secondary N) is 1. The Bertz CT molecular complexity index is 888. The number of nitrogens with zero attached hydrogens (tertiary/aromatic N) is 1. The number of hydrogen-bond acceptors (Lipinski definition) is 6. The quantitative estimate of drug-likeness (QED) is 0.865. The van der Waals surface area contributed by atoms with E-state index in [0.29, 0.717) is 19.6 Å². The van der Waals surface area contributed by atoms with Gasteiger partial charge in [0, 0.05) is 12.5 Å². The molecule has 1 fully saturated rings. The minimum Gasteiger partial charge on any atom is -0.440 e. The van der Waals surface area contributed by atoms with Crippen LogP contribution in [0.25, 0.3) is 11.5 Å². The predicted molar refractivity (Wildman–Crippen MR) is 86.8 cm³/mol. The molecular weight excluding hydrogens is 351 g/mol. The van der Waals surface area contributed by atoms with Crippen molar-refractivity contribution in [1.29, 1.82) is 0 Å². The number of halogens is 1. The van der Waals surface area contributed by atoms with Crippen LogP contribution >= 0.6 is 0 Å². The maximum absolute atomic E-state index is 13.8. The van der Waals surface area contributed by atoms with Crippen LogP contribution in [-0.2, 0) is 14.8 Å². The van der Waals surface area contributed by atoms with Crippen LogP contribution in [0.3, 0.4) is 0 Å². The van der Waals surface area contributed by atoms with Crippen molar-refractivity contribution in [3.8, 4) is 11.5 Å². The van der Waals surface area contributed by atoms with Crippen LogP contribution in [0.2, 0.25) is 0 Å². The summed E-state index contributed by atoms with van der Waals surface area (Å²) in [5, 5.41) is 0. The Balaban J connectivity index is 1.77. The molecule has 0 radical (unpaired) electrons. The van der Waals surface area contributed by atoms with E-state index in [2.05, 4.69) is 4.98 Å². The minimum absolute atomic E-state index is 0.0812. The standard InChI is InChI=1S/C16H17FN2O5S/c1-10-14(18-16(24-10)12-4-2-3-5-13(12)17)15(20)19-25(21,22)9-11-6-7-23-8-11/h2-5,11H,6-9H2,1H3,(H,19,20). The first kappa shape index (κ1) is 17.6. The van der Waals surface area contributed by atoms with Crippen LogP contribution in [-0.4, -0.2) is 38.3 Å². The molecule has 134 valence electrons. The van der Waals surface area contributed by atoms with Crippen molar-refractivity contribution in [2.75, 3.05) is 19.0 Å². The molecule has 2 aromatic rings. The van der Waals surface area contributed by atoms with Gasteiger partial charge in [0.1, 0.15) is 11.6 Å². The average molecular weight is 368 g/mol. The summed E-state index contributed by atoms with van der Waals surface area (Å²) in [6.45, 7) is 2.34. The fourth-order valence-electron chi connectivity index (χ4n) is 2.61.